The largest absolute Gasteiger partial charge is 0.330 e. The van der Waals surface area contributed by atoms with Crippen molar-refractivity contribution in [1.82, 2.24) is 0 Å². The minimum Gasteiger partial charge on any atom is -0.330 e. The van der Waals surface area contributed by atoms with Gasteiger partial charge >= 0.3 is 0 Å². The molecule has 2 saturated heterocycles. The quantitative estimate of drug-likeness (QED) is 0.647. The third kappa shape index (κ3) is 4.50. The molecule has 2 fully saturated rings. The molecule has 2 aromatic carbocycles. The average Bonchev–Trinajstić information content (AvgIpc) is 2.57. The highest BCUT2D eigenvalue weighted by atomic mass is 79.9. The molecule has 2 aliphatic heterocycles. The normalized spacial score (nSPS) is 33.0. The topological polar surface area (TPSA) is 8.88 Å². The number of halogens is 2. The van der Waals surface area contributed by atoms with Crippen LogP contribution in [-0.2, 0) is 13.1 Å². The van der Waals surface area contributed by atoms with Crippen molar-refractivity contribution in [2.24, 2.45) is 10.8 Å². The molecule has 0 unspecified atom stereocenters. The first kappa shape index (κ1) is 19.6. The summed E-state index contributed by atoms with van der Waals surface area (Å²) in [7, 11) is 0. The maximum atomic E-state index is 3.74. The van der Waals surface area contributed by atoms with Crippen molar-refractivity contribution in [3.8, 4) is 0 Å². The van der Waals surface area contributed by atoms with Gasteiger partial charge in [-0.3, -0.25) is 0 Å². The molecule has 0 spiro atoms. The van der Waals surface area contributed by atoms with Gasteiger partial charge in [-0.1, -0.05) is 68.3 Å². The summed E-state index contributed by atoms with van der Waals surface area (Å²) >= 11 is 7.49. The van der Waals surface area contributed by atoms with Crippen molar-refractivity contribution in [3.05, 3.63) is 68.6 Å². The number of likely N-dealkylation sites (tertiary alicyclic amines) is 2. The summed E-state index contributed by atoms with van der Waals surface area (Å²) in [5.74, 6) is 0. The molecule has 2 aliphatic rings. The lowest BCUT2D eigenvalue weighted by Gasteiger charge is -2.52. The van der Waals surface area contributed by atoms with Crippen LogP contribution >= 0.6 is 31.9 Å². The highest BCUT2D eigenvalue weighted by Crippen LogP contribution is 2.36. The zero-order chi connectivity index (χ0) is 19.1. The fourth-order valence-corrected chi connectivity index (χ4v) is 6.87. The Morgan fingerprint density at radius 1 is 0.704 bits per heavy atom. The molecule has 2 heterocycles. The van der Waals surface area contributed by atoms with Crippen molar-refractivity contribution in [3.63, 3.8) is 0 Å². The van der Waals surface area contributed by atoms with Gasteiger partial charge in [0.15, 0.2) is 0 Å². The maximum Gasteiger partial charge on any atom is 0.104 e. The Balaban J connectivity index is 1.49. The van der Waals surface area contributed by atoms with Gasteiger partial charge in [-0.2, -0.15) is 0 Å². The van der Waals surface area contributed by atoms with Crippen LogP contribution in [0.5, 0.6) is 0 Å². The van der Waals surface area contributed by atoms with Crippen molar-refractivity contribution in [2.45, 2.75) is 33.4 Å². The second-order valence-corrected chi connectivity index (χ2v) is 11.3. The van der Waals surface area contributed by atoms with E-state index in [1.54, 1.807) is 9.80 Å². The molecule has 144 valence electrons. The fourth-order valence-electron chi connectivity index (χ4n) is 6.02. The highest BCUT2D eigenvalue weighted by Gasteiger charge is 2.53. The van der Waals surface area contributed by atoms with Crippen LogP contribution in [0.1, 0.15) is 31.4 Å². The molecule has 0 amide bonds. The van der Waals surface area contributed by atoms with Gasteiger partial charge in [0.05, 0.1) is 37.0 Å². The van der Waals surface area contributed by atoms with Crippen LogP contribution in [-0.4, -0.2) is 26.2 Å². The first-order chi connectivity index (χ1) is 12.8. The molecule has 0 aliphatic carbocycles. The smallest absolute Gasteiger partial charge is 0.104 e. The lowest BCUT2D eigenvalue weighted by molar-refractivity contribution is -0.985. The van der Waals surface area contributed by atoms with Crippen LogP contribution in [0.15, 0.2) is 57.5 Å². The van der Waals surface area contributed by atoms with Crippen molar-refractivity contribution < 1.29 is 9.80 Å². The maximum absolute atomic E-state index is 3.74. The molecule has 0 saturated carbocycles. The lowest BCUT2D eigenvalue weighted by Crippen LogP contribution is -3.23. The van der Waals surface area contributed by atoms with Gasteiger partial charge < -0.3 is 9.80 Å². The number of piperidine rings is 2. The van der Waals surface area contributed by atoms with Gasteiger partial charge in [-0.25, -0.2) is 0 Å². The van der Waals surface area contributed by atoms with E-state index in [2.05, 4.69) is 94.2 Å². The minimum absolute atomic E-state index is 0.429. The van der Waals surface area contributed by atoms with Gasteiger partial charge in [-0.15, -0.1) is 0 Å². The first-order valence-corrected chi connectivity index (χ1v) is 11.6. The number of hydrogen-bond acceptors (Lipinski definition) is 0. The molecule has 0 atom stereocenters. The van der Waals surface area contributed by atoms with Crippen molar-refractivity contribution in [1.29, 1.82) is 0 Å². The highest BCUT2D eigenvalue weighted by molar-refractivity contribution is 9.10. The van der Waals surface area contributed by atoms with Crippen LogP contribution < -0.4 is 9.80 Å². The van der Waals surface area contributed by atoms with Gasteiger partial charge in [0, 0.05) is 20.1 Å². The van der Waals surface area contributed by atoms with Gasteiger partial charge in [0.25, 0.3) is 0 Å². The van der Waals surface area contributed by atoms with Crippen LogP contribution in [0.2, 0.25) is 0 Å². The van der Waals surface area contributed by atoms with Gasteiger partial charge in [0.2, 0.25) is 0 Å². The van der Waals surface area contributed by atoms with E-state index >= 15 is 0 Å². The summed E-state index contributed by atoms with van der Waals surface area (Å²) in [6, 6.07) is 17.4. The molecule has 4 rings (SSSR count). The summed E-state index contributed by atoms with van der Waals surface area (Å²) < 4.78 is 2.51. The van der Waals surface area contributed by atoms with Gasteiger partial charge in [0.1, 0.15) is 13.1 Å². The molecule has 2 N–H and O–H groups in total. The zero-order valence-corrected chi connectivity index (χ0v) is 19.5. The summed E-state index contributed by atoms with van der Waals surface area (Å²) in [4.78, 5) is 3.50. The van der Waals surface area contributed by atoms with E-state index in [4.69, 9.17) is 0 Å². The first-order valence-electron chi connectivity index (χ1n) is 9.98. The molecule has 27 heavy (non-hydrogen) atoms. The standard InChI is InChI=1S/C23H28Br2N2/c1-22-13-23(2,16-26(14-22)11-18-7-3-5-9-20(18)24)17-27(15-22)12-19-8-4-6-10-21(19)25/h3-10H,11-17H2,1-2H3/p+2. The Morgan fingerprint density at radius 2 is 1.07 bits per heavy atom. The Kier molecular flexibility index (Phi) is 5.54. The third-order valence-electron chi connectivity index (χ3n) is 6.36. The summed E-state index contributed by atoms with van der Waals surface area (Å²) in [5.41, 5.74) is 3.74. The Morgan fingerprint density at radius 3 is 1.44 bits per heavy atom. The molecule has 0 radical (unpaired) electrons. The number of quaternary nitrogens is 2. The average molecular weight is 494 g/mol. The predicted octanol–water partition coefficient (Wildman–Crippen LogP) is 3.11. The second-order valence-electron chi connectivity index (χ2n) is 9.54. The number of nitrogens with one attached hydrogen (secondary N) is 2. The number of benzene rings is 2. The third-order valence-corrected chi connectivity index (χ3v) is 7.90. The molecule has 2 nitrogen and oxygen atoms in total. The minimum atomic E-state index is 0.429. The van der Waals surface area contributed by atoms with Crippen molar-refractivity contribution >= 4 is 31.9 Å². The summed E-state index contributed by atoms with van der Waals surface area (Å²) in [5, 5.41) is 0. The van der Waals surface area contributed by atoms with Crippen LogP contribution in [0, 0.1) is 10.8 Å². The van der Waals surface area contributed by atoms with Crippen molar-refractivity contribution in [2.75, 3.05) is 26.2 Å². The van der Waals surface area contributed by atoms with E-state index in [0.29, 0.717) is 10.8 Å². The van der Waals surface area contributed by atoms with Crippen LogP contribution in [0.4, 0.5) is 0 Å². The molecule has 2 aromatic rings. The molecule has 0 aromatic heterocycles. The second kappa shape index (κ2) is 7.62. The van der Waals surface area contributed by atoms with E-state index in [1.807, 2.05) is 0 Å². The summed E-state index contributed by atoms with van der Waals surface area (Å²) in [6.07, 6.45) is 1.37. The summed E-state index contributed by atoms with van der Waals surface area (Å²) in [6.45, 7) is 12.4. The van der Waals surface area contributed by atoms with E-state index in [-0.39, 0.29) is 0 Å². The van der Waals surface area contributed by atoms with Crippen LogP contribution in [0.25, 0.3) is 0 Å². The number of fused-ring (bicyclic) bond motifs is 2. The monoisotopic (exact) mass is 492 g/mol. The Bertz CT molecular complexity index is 740. The van der Waals surface area contributed by atoms with E-state index < -0.39 is 0 Å². The fraction of sp³-hybridized carbons (Fsp3) is 0.478. The molecule has 2 bridgehead atoms. The molecular weight excluding hydrogens is 464 g/mol. The molecule has 4 heteroatoms. The lowest BCUT2D eigenvalue weighted by atomic mass is 9.65. The number of rotatable bonds is 4. The number of hydrogen-bond donors (Lipinski definition) is 2. The SMILES string of the molecule is CC12C[NH+](Cc3ccccc3Br)CC(C)(C[NH+](Cc3ccccc3Br)C1)C2. The Labute approximate surface area is 180 Å². The molecular formula is C23H30Br2N2+2. The zero-order valence-electron chi connectivity index (χ0n) is 16.3. The van der Waals surface area contributed by atoms with E-state index in [1.165, 1.54) is 52.7 Å². The van der Waals surface area contributed by atoms with Crippen LogP contribution in [0.3, 0.4) is 0 Å². The van der Waals surface area contributed by atoms with E-state index in [0.717, 1.165) is 13.1 Å². The van der Waals surface area contributed by atoms with E-state index in [9.17, 15) is 0 Å². The van der Waals surface area contributed by atoms with Gasteiger partial charge in [-0.05, 0) is 32.4 Å². The Hall–Kier alpha value is -0.680. The predicted molar refractivity (Wildman–Crippen MR) is 118 cm³/mol.